The maximum atomic E-state index is 12.8. The molecule has 1 aliphatic heterocycles. The van der Waals surface area contributed by atoms with Crippen LogP contribution in [0.4, 0.5) is 5.69 Å². The van der Waals surface area contributed by atoms with E-state index in [2.05, 4.69) is 63.4 Å². The van der Waals surface area contributed by atoms with Gasteiger partial charge in [-0.1, -0.05) is 42.5 Å². The molecule has 6 nitrogen and oxygen atoms in total. The van der Waals surface area contributed by atoms with Gasteiger partial charge in [0, 0.05) is 47.1 Å². The summed E-state index contributed by atoms with van der Waals surface area (Å²) in [5.74, 6) is 0.365. The standard InChI is InChI=1S/C27H32N4O2/c1-2-31-24-9-5-3-7-21(24)22-17-20(11-12-25(22)31)29-27(33)18-30-15-13-19(14-16-30)28-23-8-4-6-10-26(23)32/h3-10,12,17,19-20,28,32H,2,11,13-16,18H2,1H3,(H,29,33). The largest absolute Gasteiger partial charge is 0.506 e. The summed E-state index contributed by atoms with van der Waals surface area (Å²) in [7, 11) is 0. The van der Waals surface area contributed by atoms with Crippen LogP contribution < -0.4 is 21.2 Å². The number of hydrogen-bond acceptors (Lipinski definition) is 4. The first-order chi connectivity index (χ1) is 16.1. The molecule has 1 aliphatic carbocycles. The van der Waals surface area contributed by atoms with E-state index in [-0.39, 0.29) is 17.7 Å². The zero-order chi connectivity index (χ0) is 22.8. The number of rotatable bonds is 6. The number of aryl methyl sites for hydroxylation is 1. The smallest absolute Gasteiger partial charge is 0.234 e. The average molecular weight is 445 g/mol. The lowest BCUT2D eigenvalue weighted by Crippen LogP contribution is -2.47. The zero-order valence-electron chi connectivity index (χ0n) is 19.1. The molecule has 3 N–H and O–H groups in total. The van der Waals surface area contributed by atoms with E-state index in [0.29, 0.717) is 12.6 Å². The summed E-state index contributed by atoms with van der Waals surface area (Å²) < 4.78 is 2.35. The number of phenols is 1. The molecule has 172 valence electrons. The molecule has 1 saturated heterocycles. The molecule has 6 heteroatoms. The third-order valence-electron chi connectivity index (χ3n) is 6.87. The van der Waals surface area contributed by atoms with Crippen LogP contribution in [0.5, 0.6) is 5.75 Å². The van der Waals surface area contributed by atoms with E-state index < -0.39 is 0 Å². The highest BCUT2D eigenvalue weighted by atomic mass is 16.3. The van der Waals surface area contributed by atoms with Gasteiger partial charge >= 0.3 is 0 Å². The molecule has 1 atom stereocenters. The van der Waals surface area contributed by atoms with Crippen LogP contribution in [0.1, 0.15) is 26.2 Å². The first-order valence-corrected chi connectivity index (χ1v) is 12.0. The molecule has 3 aromatic rings. The van der Waals surface area contributed by atoms with E-state index >= 15 is 0 Å². The van der Waals surface area contributed by atoms with Crippen molar-refractivity contribution in [3.63, 3.8) is 0 Å². The molecule has 0 saturated carbocycles. The number of carbonyl (C=O) groups excluding carboxylic acids is 1. The molecular weight excluding hydrogens is 412 g/mol. The van der Waals surface area contributed by atoms with Crippen molar-refractivity contribution < 1.29 is 9.90 Å². The van der Waals surface area contributed by atoms with Gasteiger partial charge in [-0.2, -0.15) is 0 Å². The second-order valence-corrected chi connectivity index (χ2v) is 9.05. The fourth-order valence-corrected chi connectivity index (χ4v) is 5.20. The number of carbonyl (C=O) groups is 1. The maximum Gasteiger partial charge on any atom is 0.234 e. The van der Waals surface area contributed by atoms with Crippen LogP contribution in [0.2, 0.25) is 0 Å². The monoisotopic (exact) mass is 444 g/mol. The summed E-state index contributed by atoms with van der Waals surface area (Å²) in [5, 5.41) is 20.4. The van der Waals surface area contributed by atoms with Crippen molar-refractivity contribution in [2.75, 3.05) is 25.0 Å². The molecule has 2 heterocycles. The van der Waals surface area contributed by atoms with Gasteiger partial charge in [0.05, 0.1) is 18.3 Å². The van der Waals surface area contributed by atoms with Crippen molar-refractivity contribution in [2.24, 2.45) is 0 Å². The molecule has 33 heavy (non-hydrogen) atoms. The van der Waals surface area contributed by atoms with E-state index in [4.69, 9.17) is 0 Å². The van der Waals surface area contributed by atoms with Crippen LogP contribution in [0.15, 0.2) is 48.5 Å². The highest BCUT2D eigenvalue weighted by molar-refractivity contribution is 5.84. The molecule has 0 spiro atoms. The number of para-hydroxylation sites is 3. The highest BCUT2D eigenvalue weighted by Crippen LogP contribution is 2.24. The summed E-state index contributed by atoms with van der Waals surface area (Å²) in [4.78, 5) is 15.0. The molecule has 0 bridgehead atoms. The normalized spacial score (nSPS) is 18.9. The fraction of sp³-hybridized carbons (Fsp3) is 0.370. The van der Waals surface area contributed by atoms with Crippen LogP contribution in [-0.4, -0.2) is 52.2 Å². The van der Waals surface area contributed by atoms with E-state index in [1.54, 1.807) is 6.07 Å². The van der Waals surface area contributed by atoms with Gasteiger partial charge in [0.25, 0.3) is 0 Å². The fourth-order valence-electron chi connectivity index (χ4n) is 5.20. The van der Waals surface area contributed by atoms with Crippen LogP contribution in [0.25, 0.3) is 23.1 Å². The number of nitrogens with zero attached hydrogens (tertiary/aromatic N) is 2. The quantitative estimate of drug-likeness (QED) is 0.511. The minimum absolute atomic E-state index is 0.0290. The molecule has 1 fully saturated rings. The Labute approximate surface area is 194 Å². The SMILES string of the molecule is CCn1c2c(c3ccccc31)=CC(NC(=O)CN1CCC(Nc3ccccc3O)CC1)CC=2. The van der Waals surface area contributed by atoms with Gasteiger partial charge in [0.2, 0.25) is 5.91 Å². The van der Waals surface area contributed by atoms with Gasteiger partial charge in [-0.05, 0) is 44.4 Å². The van der Waals surface area contributed by atoms with Gasteiger partial charge in [0.1, 0.15) is 5.75 Å². The number of phenolic OH excluding ortho intramolecular Hbond substituents is 1. The van der Waals surface area contributed by atoms with E-state index in [9.17, 15) is 9.90 Å². The minimum Gasteiger partial charge on any atom is -0.506 e. The number of nitrogens with one attached hydrogen (secondary N) is 2. The third-order valence-corrected chi connectivity index (χ3v) is 6.87. The summed E-state index contributed by atoms with van der Waals surface area (Å²) in [6.45, 7) is 5.28. The molecule has 0 radical (unpaired) electrons. The average Bonchev–Trinajstić information content (AvgIpc) is 3.15. The lowest BCUT2D eigenvalue weighted by molar-refractivity contribution is -0.122. The molecule has 2 aliphatic rings. The molecule has 2 aromatic carbocycles. The van der Waals surface area contributed by atoms with Crippen molar-refractivity contribution >= 4 is 34.6 Å². The zero-order valence-corrected chi connectivity index (χ0v) is 19.1. The number of anilines is 1. The van der Waals surface area contributed by atoms with Gasteiger partial charge in [-0.3, -0.25) is 9.69 Å². The van der Waals surface area contributed by atoms with Crippen molar-refractivity contribution in [3.8, 4) is 5.75 Å². The van der Waals surface area contributed by atoms with E-state index in [0.717, 1.165) is 44.6 Å². The van der Waals surface area contributed by atoms with Gasteiger partial charge in [-0.15, -0.1) is 0 Å². The summed E-state index contributed by atoms with van der Waals surface area (Å²) >= 11 is 0. The van der Waals surface area contributed by atoms with Crippen LogP contribution in [-0.2, 0) is 11.3 Å². The lowest BCUT2D eigenvalue weighted by atomic mass is 10.0. The van der Waals surface area contributed by atoms with Crippen LogP contribution in [0.3, 0.4) is 0 Å². The Hall–Kier alpha value is -3.25. The number of hydrogen-bond donors (Lipinski definition) is 3. The highest BCUT2D eigenvalue weighted by Gasteiger charge is 2.22. The van der Waals surface area contributed by atoms with Crippen molar-refractivity contribution in [2.45, 2.75) is 44.8 Å². The Morgan fingerprint density at radius 1 is 1.09 bits per heavy atom. The predicted molar refractivity (Wildman–Crippen MR) is 134 cm³/mol. The maximum absolute atomic E-state index is 12.8. The second kappa shape index (κ2) is 9.32. The van der Waals surface area contributed by atoms with Crippen molar-refractivity contribution in [3.05, 3.63) is 59.1 Å². The Morgan fingerprint density at radius 2 is 1.85 bits per heavy atom. The molecule has 5 rings (SSSR count). The first-order valence-electron chi connectivity index (χ1n) is 12.0. The number of aromatic hydroxyl groups is 1. The second-order valence-electron chi connectivity index (χ2n) is 9.05. The van der Waals surface area contributed by atoms with Crippen molar-refractivity contribution in [1.29, 1.82) is 0 Å². The lowest BCUT2D eigenvalue weighted by Gasteiger charge is -2.32. The number of aromatic nitrogens is 1. The Bertz CT molecular complexity index is 1270. The Balaban J connectivity index is 1.18. The first kappa shape index (κ1) is 21.6. The molecule has 1 amide bonds. The van der Waals surface area contributed by atoms with Crippen LogP contribution in [0, 0.1) is 0 Å². The topological polar surface area (TPSA) is 69.5 Å². The molecular formula is C27H32N4O2. The number of benzene rings is 2. The van der Waals surface area contributed by atoms with Gasteiger partial charge < -0.3 is 20.3 Å². The summed E-state index contributed by atoms with van der Waals surface area (Å²) in [5.41, 5.74) is 2.03. The van der Waals surface area contributed by atoms with E-state index in [1.807, 2.05) is 18.2 Å². The van der Waals surface area contributed by atoms with Gasteiger partial charge in [-0.25, -0.2) is 0 Å². The number of amides is 1. The Kier molecular flexibility index (Phi) is 6.09. The number of fused-ring (bicyclic) bond motifs is 3. The predicted octanol–water partition coefficient (Wildman–Crippen LogP) is 2.39. The number of piperidine rings is 1. The van der Waals surface area contributed by atoms with E-state index in [1.165, 1.54) is 21.5 Å². The van der Waals surface area contributed by atoms with Crippen LogP contribution >= 0.6 is 0 Å². The molecule has 1 aromatic heterocycles. The summed E-state index contributed by atoms with van der Waals surface area (Å²) in [6.07, 6.45) is 7.21. The third kappa shape index (κ3) is 4.48. The van der Waals surface area contributed by atoms with Crippen molar-refractivity contribution in [1.82, 2.24) is 14.8 Å². The van der Waals surface area contributed by atoms with Gasteiger partial charge in [0.15, 0.2) is 0 Å². The minimum atomic E-state index is 0.0290. The molecule has 1 unspecified atom stereocenters. The summed E-state index contributed by atoms with van der Waals surface area (Å²) in [6, 6.07) is 16.2. The Morgan fingerprint density at radius 3 is 2.64 bits per heavy atom. The number of likely N-dealkylation sites (tertiary alicyclic amines) is 1.